The number of allylic oxidation sites excluding steroid dienone is 1. The molecule has 2 atom stereocenters. The lowest BCUT2D eigenvalue weighted by atomic mass is 9.85. The molecule has 0 bridgehead atoms. The summed E-state index contributed by atoms with van der Waals surface area (Å²) in [5.41, 5.74) is 0.487. The van der Waals surface area contributed by atoms with Gasteiger partial charge in [0.05, 0.1) is 35.6 Å². The van der Waals surface area contributed by atoms with Crippen LogP contribution in [0.4, 0.5) is 0 Å². The molecule has 2 aliphatic heterocycles. The van der Waals surface area contributed by atoms with Gasteiger partial charge in [-0.25, -0.2) is 0 Å². The molecule has 1 N–H and O–H groups in total. The van der Waals surface area contributed by atoms with Crippen LogP contribution in [0.5, 0.6) is 11.5 Å². The Balaban J connectivity index is 1.69. The number of benzene rings is 2. The molecule has 1 saturated heterocycles. The molecule has 0 spiro atoms. The summed E-state index contributed by atoms with van der Waals surface area (Å²) < 4.78 is 10.9. The summed E-state index contributed by atoms with van der Waals surface area (Å²) in [6, 6.07) is 16.8. The lowest BCUT2D eigenvalue weighted by Crippen LogP contribution is -2.48. The third-order valence-electron chi connectivity index (χ3n) is 5.52. The maximum absolute atomic E-state index is 13.2. The Hall–Kier alpha value is -2.95. The van der Waals surface area contributed by atoms with Gasteiger partial charge in [-0.2, -0.15) is 5.26 Å². The molecule has 4 rings (SSSR count). The smallest absolute Gasteiger partial charge is 0.231 e. The Labute approximate surface area is 186 Å². The summed E-state index contributed by atoms with van der Waals surface area (Å²) in [4.78, 5) is 14.6. The molecule has 2 aromatic rings. The first-order valence-corrected chi connectivity index (χ1v) is 11.1. The number of thioether (sulfide) groups is 1. The van der Waals surface area contributed by atoms with Gasteiger partial charge in [-0.3, -0.25) is 9.69 Å². The van der Waals surface area contributed by atoms with E-state index in [1.165, 1.54) is 16.7 Å². The quantitative estimate of drug-likeness (QED) is 0.759. The maximum Gasteiger partial charge on any atom is 0.231 e. The molecule has 7 heteroatoms. The van der Waals surface area contributed by atoms with Crippen LogP contribution in [0, 0.1) is 11.3 Å². The minimum Gasteiger partial charge on any atom is -0.497 e. The fourth-order valence-corrected chi connectivity index (χ4v) is 5.39. The number of aliphatic hydroxyl groups is 1. The molecule has 2 heterocycles. The number of fused-ring (bicyclic) bond motifs is 1. The summed E-state index contributed by atoms with van der Waals surface area (Å²) in [5, 5.41) is 22.0. The molecular weight excluding hydrogens is 412 g/mol. The standard InChI is InChI=1S/C24H24N2O4S/c1-15(2)30-19-8-4-16(5-9-19)20-12-22(27)26-23(21(20)13-25)31-14-24(26,28)17-6-10-18(29-3)11-7-17/h4-11,15,20,28H,12,14H2,1-3H3/t20-,24+/m0/s1. The second kappa shape index (κ2) is 8.29. The van der Waals surface area contributed by atoms with Crippen molar-refractivity contribution in [3.8, 4) is 17.6 Å². The van der Waals surface area contributed by atoms with Crippen molar-refractivity contribution in [1.29, 1.82) is 5.26 Å². The van der Waals surface area contributed by atoms with Crippen molar-refractivity contribution < 1.29 is 19.4 Å². The molecule has 31 heavy (non-hydrogen) atoms. The Kier molecular flexibility index (Phi) is 5.69. The molecule has 0 aliphatic carbocycles. The molecule has 6 nitrogen and oxygen atoms in total. The first-order valence-electron chi connectivity index (χ1n) is 10.1. The Bertz CT molecular complexity index is 1060. The third kappa shape index (κ3) is 3.78. The molecule has 0 unspecified atom stereocenters. The monoisotopic (exact) mass is 436 g/mol. The van der Waals surface area contributed by atoms with Gasteiger partial charge in [0.25, 0.3) is 0 Å². The summed E-state index contributed by atoms with van der Waals surface area (Å²) in [6.07, 6.45) is 0.188. The maximum atomic E-state index is 13.2. The molecule has 1 fully saturated rings. The first-order chi connectivity index (χ1) is 14.9. The van der Waals surface area contributed by atoms with E-state index in [0.29, 0.717) is 21.9 Å². The molecule has 0 radical (unpaired) electrons. The number of amides is 1. The Morgan fingerprint density at radius 1 is 1.16 bits per heavy atom. The van der Waals surface area contributed by atoms with E-state index in [1.54, 1.807) is 31.4 Å². The first kappa shape index (κ1) is 21.3. The highest BCUT2D eigenvalue weighted by Crippen LogP contribution is 2.51. The minimum atomic E-state index is -1.49. The number of hydrogen-bond donors (Lipinski definition) is 1. The number of ether oxygens (including phenoxy) is 2. The predicted molar refractivity (Wildman–Crippen MR) is 118 cm³/mol. The number of carbonyl (C=O) groups is 1. The van der Waals surface area contributed by atoms with E-state index in [1.807, 2.05) is 38.1 Å². The van der Waals surface area contributed by atoms with E-state index in [0.717, 1.165) is 11.3 Å². The van der Waals surface area contributed by atoms with E-state index in [9.17, 15) is 15.2 Å². The van der Waals surface area contributed by atoms with Crippen LogP contribution in [-0.4, -0.2) is 34.9 Å². The minimum absolute atomic E-state index is 0.0676. The normalized spacial score (nSPS) is 23.0. The molecule has 2 aliphatic rings. The van der Waals surface area contributed by atoms with Crippen molar-refractivity contribution in [3.63, 3.8) is 0 Å². The van der Waals surface area contributed by atoms with E-state index in [-0.39, 0.29) is 30.1 Å². The van der Waals surface area contributed by atoms with Crippen LogP contribution in [0.2, 0.25) is 0 Å². The zero-order valence-electron chi connectivity index (χ0n) is 17.7. The second-order valence-electron chi connectivity index (χ2n) is 7.89. The fraction of sp³-hybridized carbons (Fsp3) is 0.333. The van der Waals surface area contributed by atoms with Crippen LogP contribution in [0.1, 0.15) is 37.3 Å². The zero-order chi connectivity index (χ0) is 22.2. The van der Waals surface area contributed by atoms with Gasteiger partial charge in [-0.1, -0.05) is 24.3 Å². The van der Waals surface area contributed by atoms with Crippen molar-refractivity contribution in [2.45, 2.75) is 38.0 Å². The molecule has 0 aromatic heterocycles. The Morgan fingerprint density at radius 2 is 1.81 bits per heavy atom. The van der Waals surface area contributed by atoms with Crippen molar-refractivity contribution in [1.82, 2.24) is 4.90 Å². The lowest BCUT2D eigenvalue weighted by molar-refractivity contribution is -0.149. The number of rotatable bonds is 5. The largest absolute Gasteiger partial charge is 0.497 e. The predicted octanol–water partition coefficient (Wildman–Crippen LogP) is 4.13. The lowest BCUT2D eigenvalue weighted by Gasteiger charge is -2.38. The molecule has 2 aromatic carbocycles. The average Bonchev–Trinajstić information content (AvgIpc) is 3.13. The topological polar surface area (TPSA) is 82.8 Å². The Morgan fingerprint density at radius 3 is 2.39 bits per heavy atom. The average molecular weight is 437 g/mol. The van der Waals surface area contributed by atoms with Gasteiger partial charge in [0.1, 0.15) is 11.5 Å². The van der Waals surface area contributed by atoms with Crippen molar-refractivity contribution in [2.24, 2.45) is 0 Å². The van der Waals surface area contributed by atoms with Crippen LogP contribution in [0.15, 0.2) is 59.1 Å². The summed E-state index contributed by atoms with van der Waals surface area (Å²) in [5.74, 6) is 1.13. The van der Waals surface area contributed by atoms with Crippen LogP contribution in [-0.2, 0) is 10.5 Å². The summed E-state index contributed by atoms with van der Waals surface area (Å²) in [6.45, 7) is 3.92. The van der Waals surface area contributed by atoms with Crippen LogP contribution in [0.25, 0.3) is 0 Å². The van der Waals surface area contributed by atoms with Crippen molar-refractivity contribution in [2.75, 3.05) is 12.9 Å². The molecule has 160 valence electrons. The fourth-order valence-electron chi connectivity index (χ4n) is 4.03. The molecule has 1 amide bonds. The van der Waals surface area contributed by atoms with Gasteiger partial charge in [0.15, 0.2) is 5.72 Å². The van der Waals surface area contributed by atoms with Gasteiger partial charge in [0, 0.05) is 17.9 Å². The number of hydrogen-bond acceptors (Lipinski definition) is 6. The van der Waals surface area contributed by atoms with Gasteiger partial charge >= 0.3 is 0 Å². The molecular formula is C24H24N2O4S. The van der Waals surface area contributed by atoms with Crippen LogP contribution in [0.3, 0.4) is 0 Å². The molecule has 0 saturated carbocycles. The number of nitriles is 1. The van der Waals surface area contributed by atoms with Gasteiger partial charge in [-0.05, 0) is 43.7 Å². The SMILES string of the molecule is COc1ccc([C@]2(O)CSC3=C(C#N)[C@H](c4ccc(OC(C)C)cc4)CC(=O)N32)cc1. The van der Waals surface area contributed by atoms with Gasteiger partial charge in [-0.15, -0.1) is 11.8 Å². The summed E-state index contributed by atoms with van der Waals surface area (Å²) in [7, 11) is 1.57. The highest BCUT2D eigenvalue weighted by atomic mass is 32.2. The van der Waals surface area contributed by atoms with Crippen molar-refractivity contribution >= 4 is 17.7 Å². The van der Waals surface area contributed by atoms with Gasteiger partial charge in [0.2, 0.25) is 5.91 Å². The van der Waals surface area contributed by atoms with E-state index in [2.05, 4.69) is 6.07 Å². The summed E-state index contributed by atoms with van der Waals surface area (Å²) >= 11 is 1.34. The highest BCUT2D eigenvalue weighted by molar-refractivity contribution is 8.03. The van der Waals surface area contributed by atoms with E-state index < -0.39 is 5.72 Å². The van der Waals surface area contributed by atoms with E-state index >= 15 is 0 Å². The van der Waals surface area contributed by atoms with Crippen LogP contribution < -0.4 is 9.47 Å². The van der Waals surface area contributed by atoms with Crippen LogP contribution >= 0.6 is 11.8 Å². The second-order valence-corrected chi connectivity index (χ2v) is 8.85. The van der Waals surface area contributed by atoms with Crippen molar-refractivity contribution in [3.05, 3.63) is 70.3 Å². The third-order valence-corrected chi connectivity index (χ3v) is 6.74. The van der Waals surface area contributed by atoms with E-state index in [4.69, 9.17) is 9.47 Å². The highest BCUT2D eigenvalue weighted by Gasteiger charge is 2.51. The number of carbonyl (C=O) groups excluding carboxylic acids is 1. The van der Waals surface area contributed by atoms with Gasteiger partial charge < -0.3 is 14.6 Å². The number of methoxy groups -OCH3 is 1. The zero-order valence-corrected chi connectivity index (χ0v) is 18.5. The number of nitrogens with zero attached hydrogens (tertiary/aromatic N) is 2.